The van der Waals surface area contributed by atoms with Crippen molar-refractivity contribution in [1.82, 2.24) is 0 Å². The normalized spacial score (nSPS) is 14.1. The van der Waals surface area contributed by atoms with Crippen molar-refractivity contribution in [2.75, 3.05) is 6.61 Å². The molecule has 1 N–H and O–H groups in total. The largest absolute Gasteiger partial charge is 0.479 e. The van der Waals surface area contributed by atoms with Crippen LogP contribution in [0.4, 0.5) is 0 Å². The summed E-state index contributed by atoms with van der Waals surface area (Å²) in [5.41, 5.74) is 1.26. The molecule has 5 heteroatoms. The fraction of sp³-hybridized carbons (Fsp3) is 0.429. The average molecular weight is 466 g/mol. The number of allylic oxidation sites excluding steroid dienone is 1. The van der Waals surface area contributed by atoms with Gasteiger partial charge >= 0.3 is 5.97 Å². The standard InChI is InChI=1S/C28H39NO3Si/c1-7-8-20-28(26(30)31,21-15-22-32-33(5,6)27(2,3)4)29-25(23-16-11-9-12-17-23)24-18-13-10-14-19-24/h7-14,16-19H,15,20-22H2,1-6H3,(H,30,31)/b8-7+. The third kappa shape index (κ3) is 7.24. The predicted molar refractivity (Wildman–Crippen MR) is 141 cm³/mol. The molecule has 0 bridgehead atoms. The fourth-order valence-electron chi connectivity index (χ4n) is 3.37. The third-order valence-electron chi connectivity index (χ3n) is 6.51. The van der Waals surface area contributed by atoms with Gasteiger partial charge in [-0.25, -0.2) is 4.79 Å². The number of carbonyl (C=O) groups is 1. The minimum Gasteiger partial charge on any atom is -0.479 e. The maximum Gasteiger partial charge on any atom is 0.331 e. The molecule has 33 heavy (non-hydrogen) atoms. The molecular weight excluding hydrogens is 426 g/mol. The van der Waals surface area contributed by atoms with E-state index in [2.05, 4.69) is 33.9 Å². The van der Waals surface area contributed by atoms with Gasteiger partial charge in [-0.1, -0.05) is 93.6 Å². The molecule has 2 aromatic rings. The number of carboxylic acid groups (broad SMARTS) is 1. The minimum absolute atomic E-state index is 0.119. The Balaban J connectivity index is 2.43. The molecule has 0 aliphatic heterocycles. The molecule has 2 rings (SSSR count). The number of rotatable bonds is 11. The Morgan fingerprint density at radius 1 is 1.00 bits per heavy atom. The topological polar surface area (TPSA) is 58.9 Å². The Morgan fingerprint density at radius 3 is 1.94 bits per heavy atom. The first-order chi connectivity index (χ1) is 15.5. The second-order valence-corrected chi connectivity index (χ2v) is 14.8. The van der Waals surface area contributed by atoms with Crippen molar-refractivity contribution in [2.24, 2.45) is 4.99 Å². The van der Waals surface area contributed by atoms with E-state index in [1.807, 2.05) is 79.7 Å². The summed E-state index contributed by atoms with van der Waals surface area (Å²) in [4.78, 5) is 17.7. The van der Waals surface area contributed by atoms with Crippen molar-refractivity contribution >= 4 is 20.0 Å². The van der Waals surface area contributed by atoms with Crippen molar-refractivity contribution in [2.45, 2.75) is 70.6 Å². The first-order valence-corrected chi connectivity index (χ1v) is 14.6. The van der Waals surface area contributed by atoms with Crippen molar-refractivity contribution in [3.8, 4) is 0 Å². The summed E-state index contributed by atoms with van der Waals surface area (Å²) in [5, 5.41) is 10.5. The highest BCUT2D eigenvalue weighted by Gasteiger charge is 2.39. The van der Waals surface area contributed by atoms with Gasteiger partial charge in [0.1, 0.15) is 0 Å². The molecule has 178 valence electrons. The highest BCUT2D eigenvalue weighted by molar-refractivity contribution is 6.74. The smallest absolute Gasteiger partial charge is 0.331 e. The van der Waals surface area contributed by atoms with Crippen LogP contribution in [-0.4, -0.2) is 37.3 Å². The number of aliphatic imine (C=N–C) groups is 1. The van der Waals surface area contributed by atoms with Gasteiger partial charge in [-0.2, -0.15) is 0 Å². The van der Waals surface area contributed by atoms with Gasteiger partial charge in [-0.3, -0.25) is 4.99 Å². The van der Waals surface area contributed by atoms with E-state index in [9.17, 15) is 9.90 Å². The molecule has 0 aliphatic rings. The first-order valence-electron chi connectivity index (χ1n) is 11.7. The molecule has 0 aromatic heterocycles. The van der Waals surface area contributed by atoms with E-state index in [1.165, 1.54) is 0 Å². The van der Waals surface area contributed by atoms with Crippen molar-refractivity contribution < 1.29 is 14.3 Å². The van der Waals surface area contributed by atoms with Crippen LogP contribution in [0.1, 0.15) is 58.1 Å². The van der Waals surface area contributed by atoms with Crippen LogP contribution in [0.5, 0.6) is 0 Å². The van der Waals surface area contributed by atoms with E-state index in [0.29, 0.717) is 31.6 Å². The molecule has 1 unspecified atom stereocenters. The van der Waals surface area contributed by atoms with Crippen LogP contribution in [0.3, 0.4) is 0 Å². The summed E-state index contributed by atoms with van der Waals surface area (Å²) in [5.74, 6) is -0.905. The minimum atomic E-state index is -1.89. The van der Waals surface area contributed by atoms with Crippen LogP contribution in [0.25, 0.3) is 0 Å². The molecule has 0 amide bonds. The van der Waals surface area contributed by atoms with Gasteiger partial charge < -0.3 is 9.53 Å². The Labute approximate surface area is 200 Å². The lowest BCUT2D eigenvalue weighted by Crippen LogP contribution is -2.42. The first kappa shape index (κ1) is 26.7. The summed E-state index contributed by atoms with van der Waals surface area (Å²) in [6, 6.07) is 19.6. The van der Waals surface area contributed by atoms with E-state index < -0.39 is 19.8 Å². The van der Waals surface area contributed by atoms with Gasteiger partial charge in [0.25, 0.3) is 0 Å². The number of hydrogen-bond donors (Lipinski definition) is 1. The zero-order valence-electron chi connectivity index (χ0n) is 21.0. The van der Waals surface area contributed by atoms with E-state index in [1.54, 1.807) is 0 Å². The van der Waals surface area contributed by atoms with E-state index in [0.717, 1.165) is 11.1 Å². The molecule has 0 heterocycles. The average Bonchev–Trinajstić information content (AvgIpc) is 2.78. The van der Waals surface area contributed by atoms with E-state index in [4.69, 9.17) is 9.42 Å². The molecular formula is C28H39NO3Si. The number of aliphatic carboxylic acids is 1. The quantitative estimate of drug-likeness (QED) is 0.166. The van der Waals surface area contributed by atoms with Crippen molar-refractivity contribution in [3.63, 3.8) is 0 Å². The SMILES string of the molecule is C/C=C/CC(CCCO[Si](C)(C)C(C)(C)C)(N=C(c1ccccc1)c1ccccc1)C(=O)O. The van der Waals surface area contributed by atoms with Crippen LogP contribution >= 0.6 is 0 Å². The Bertz CT molecular complexity index is 905. The Hall–Kier alpha value is -2.50. The lowest BCUT2D eigenvalue weighted by atomic mass is 9.88. The molecule has 2 aromatic carbocycles. The Kier molecular flexibility index (Phi) is 9.38. The zero-order chi connectivity index (χ0) is 24.5. The summed E-state index contributed by atoms with van der Waals surface area (Å²) in [7, 11) is -1.89. The summed E-state index contributed by atoms with van der Waals surface area (Å²) in [6.45, 7) is 13.5. The van der Waals surface area contributed by atoms with Crippen LogP contribution in [0, 0.1) is 0 Å². The summed E-state index contributed by atoms with van der Waals surface area (Å²) >= 11 is 0. The zero-order valence-corrected chi connectivity index (χ0v) is 22.0. The maximum absolute atomic E-state index is 12.7. The maximum atomic E-state index is 12.7. The molecule has 0 saturated carbocycles. The van der Waals surface area contributed by atoms with Crippen LogP contribution in [-0.2, 0) is 9.22 Å². The van der Waals surface area contributed by atoms with Crippen LogP contribution in [0.15, 0.2) is 77.8 Å². The van der Waals surface area contributed by atoms with E-state index in [-0.39, 0.29) is 5.04 Å². The second-order valence-electron chi connectivity index (χ2n) is 10.0. The summed E-state index contributed by atoms with van der Waals surface area (Å²) < 4.78 is 6.33. The fourth-order valence-corrected chi connectivity index (χ4v) is 4.46. The monoisotopic (exact) mass is 465 g/mol. The molecule has 0 spiro atoms. The third-order valence-corrected chi connectivity index (χ3v) is 11.1. The lowest BCUT2D eigenvalue weighted by molar-refractivity contribution is -0.143. The van der Waals surface area contributed by atoms with Gasteiger partial charge in [0.05, 0.1) is 5.71 Å². The predicted octanol–water partition coefficient (Wildman–Crippen LogP) is 7.12. The van der Waals surface area contributed by atoms with Gasteiger partial charge in [0.2, 0.25) is 0 Å². The van der Waals surface area contributed by atoms with Crippen LogP contribution < -0.4 is 0 Å². The van der Waals surface area contributed by atoms with Gasteiger partial charge in [0, 0.05) is 24.2 Å². The van der Waals surface area contributed by atoms with Crippen molar-refractivity contribution in [1.29, 1.82) is 0 Å². The molecule has 0 radical (unpaired) electrons. The summed E-state index contributed by atoms with van der Waals surface area (Å²) in [6.07, 6.45) is 5.17. The van der Waals surface area contributed by atoms with Crippen LogP contribution in [0.2, 0.25) is 18.1 Å². The number of benzene rings is 2. The number of carboxylic acids is 1. The highest BCUT2D eigenvalue weighted by Crippen LogP contribution is 2.37. The number of nitrogens with zero attached hydrogens (tertiary/aromatic N) is 1. The second kappa shape index (κ2) is 11.6. The molecule has 0 aliphatic carbocycles. The highest BCUT2D eigenvalue weighted by atomic mass is 28.4. The lowest BCUT2D eigenvalue weighted by Gasteiger charge is -2.36. The van der Waals surface area contributed by atoms with Crippen molar-refractivity contribution in [3.05, 3.63) is 83.9 Å². The Morgan fingerprint density at radius 2 is 1.52 bits per heavy atom. The van der Waals surface area contributed by atoms with E-state index >= 15 is 0 Å². The molecule has 1 atom stereocenters. The number of hydrogen-bond acceptors (Lipinski definition) is 3. The molecule has 4 nitrogen and oxygen atoms in total. The molecule has 0 saturated heterocycles. The van der Waals surface area contributed by atoms with Gasteiger partial charge in [-0.05, 0) is 37.9 Å². The van der Waals surface area contributed by atoms with Gasteiger partial charge in [-0.15, -0.1) is 0 Å². The molecule has 0 fully saturated rings. The van der Waals surface area contributed by atoms with Gasteiger partial charge in [0.15, 0.2) is 13.9 Å².